The molecule has 1 aromatic rings. The van der Waals surface area contributed by atoms with E-state index < -0.39 is 0 Å². The van der Waals surface area contributed by atoms with E-state index in [1.807, 2.05) is 24.3 Å². The molecule has 0 amide bonds. The first-order valence-electron chi connectivity index (χ1n) is 6.26. The van der Waals surface area contributed by atoms with Gasteiger partial charge in [0.15, 0.2) is 0 Å². The Balaban J connectivity index is 2.53. The highest BCUT2D eigenvalue weighted by atomic mass is 15.1. The molecule has 0 aromatic heterocycles. The van der Waals surface area contributed by atoms with Crippen LogP contribution in [0, 0.1) is 5.41 Å². The van der Waals surface area contributed by atoms with Gasteiger partial charge in [-0.25, -0.2) is 0 Å². The minimum atomic E-state index is 0.146. The van der Waals surface area contributed by atoms with Gasteiger partial charge in [0.05, 0.1) is 0 Å². The molecule has 0 unspecified atom stereocenters. The smallest absolute Gasteiger partial charge is 0.123 e. The molecule has 4 nitrogen and oxygen atoms in total. The molecule has 0 aliphatic carbocycles. The summed E-state index contributed by atoms with van der Waals surface area (Å²) in [7, 11) is 6.28. The Morgan fingerprint density at radius 1 is 1.17 bits per heavy atom. The molecule has 4 heteroatoms. The zero-order chi connectivity index (χ0) is 13.5. The van der Waals surface area contributed by atoms with Crippen molar-refractivity contribution in [2.45, 2.75) is 13.0 Å². The molecule has 0 aliphatic heterocycles. The largest absolute Gasteiger partial charge is 0.384 e. The SMILES string of the molecule is CN(C)CCCN(C)Cc1ccccc1C(=N)N. The van der Waals surface area contributed by atoms with Crippen LogP contribution in [-0.2, 0) is 6.54 Å². The highest BCUT2D eigenvalue weighted by molar-refractivity contribution is 5.96. The molecule has 0 bridgehead atoms. The van der Waals surface area contributed by atoms with Crippen molar-refractivity contribution in [3.8, 4) is 0 Å². The van der Waals surface area contributed by atoms with Crippen LogP contribution in [0.5, 0.6) is 0 Å². The van der Waals surface area contributed by atoms with Crippen LogP contribution < -0.4 is 5.73 Å². The van der Waals surface area contributed by atoms with Gasteiger partial charge in [0.25, 0.3) is 0 Å². The molecule has 1 aromatic carbocycles. The summed E-state index contributed by atoms with van der Waals surface area (Å²) >= 11 is 0. The van der Waals surface area contributed by atoms with Crippen molar-refractivity contribution in [3.05, 3.63) is 35.4 Å². The molecule has 0 radical (unpaired) electrons. The zero-order valence-corrected chi connectivity index (χ0v) is 11.6. The lowest BCUT2D eigenvalue weighted by molar-refractivity contribution is 0.294. The minimum absolute atomic E-state index is 0.146. The Bertz CT molecular complexity index is 387. The average molecular weight is 248 g/mol. The summed E-state index contributed by atoms with van der Waals surface area (Å²) in [4.78, 5) is 4.46. The predicted molar refractivity (Wildman–Crippen MR) is 77.0 cm³/mol. The summed E-state index contributed by atoms with van der Waals surface area (Å²) < 4.78 is 0. The maximum absolute atomic E-state index is 7.57. The summed E-state index contributed by atoms with van der Waals surface area (Å²) in [5.41, 5.74) is 7.56. The fourth-order valence-electron chi connectivity index (χ4n) is 1.95. The van der Waals surface area contributed by atoms with Gasteiger partial charge in [-0.1, -0.05) is 24.3 Å². The van der Waals surface area contributed by atoms with Crippen LogP contribution in [-0.4, -0.2) is 49.9 Å². The number of nitrogen functional groups attached to an aromatic ring is 1. The van der Waals surface area contributed by atoms with Gasteiger partial charge in [-0.3, -0.25) is 5.41 Å². The van der Waals surface area contributed by atoms with Crippen molar-refractivity contribution in [2.24, 2.45) is 5.73 Å². The first kappa shape index (κ1) is 14.7. The molecule has 3 N–H and O–H groups in total. The van der Waals surface area contributed by atoms with Gasteiger partial charge in [0.1, 0.15) is 5.84 Å². The maximum Gasteiger partial charge on any atom is 0.123 e. The normalized spacial score (nSPS) is 11.2. The van der Waals surface area contributed by atoms with Gasteiger partial charge in [0.2, 0.25) is 0 Å². The molecule has 0 heterocycles. The van der Waals surface area contributed by atoms with Crippen molar-refractivity contribution in [1.82, 2.24) is 9.80 Å². The summed E-state index contributed by atoms with van der Waals surface area (Å²) in [5.74, 6) is 0.146. The third-order valence-corrected chi connectivity index (χ3v) is 2.89. The summed E-state index contributed by atoms with van der Waals surface area (Å²) in [6, 6.07) is 7.87. The second kappa shape index (κ2) is 7.13. The van der Waals surface area contributed by atoms with Crippen molar-refractivity contribution in [1.29, 1.82) is 5.41 Å². The van der Waals surface area contributed by atoms with Gasteiger partial charge in [0, 0.05) is 12.1 Å². The lowest BCUT2D eigenvalue weighted by atomic mass is 10.1. The maximum atomic E-state index is 7.57. The highest BCUT2D eigenvalue weighted by Crippen LogP contribution is 2.10. The quantitative estimate of drug-likeness (QED) is 0.566. The van der Waals surface area contributed by atoms with Gasteiger partial charge in [-0.15, -0.1) is 0 Å². The van der Waals surface area contributed by atoms with E-state index in [0.29, 0.717) is 0 Å². The van der Waals surface area contributed by atoms with Crippen molar-refractivity contribution in [2.75, 3.05) is 34.2 Å². The van der Waals surface area contributed by atoms with Crippen LogP contribution in [0.4, 0.5) is 0 Å². The van der Waals surface area contributed by atoms with E-state index in [2.05, 4.69) is 30.9 Å². The van der Waals surface area contributed by atoms with Crippen LogP contribution in [0.15, 0.2) is 24.3 Å². The number of benzene rings is 1. The molecule has 0 spiro atoms. The zero-order valence-electron chi connectivity index (χ0n) is 11.6. The van der Waals surface area contributed by atoms with Gasteiger partial charge < -0.3 is 15.5 Å². The lowest BCUT2D eigenvalue weighted by Gasteiger charge is -2.19. The molecular weight excluding hydrogens is 224 g/mol. The molecule has 100 valence electrons. The van der Waals surface area contributed by atoms with Gasteiger partial charge in [-0.2, -0.15) is 0 Å². The van der Waals surface area contributed by atoms with Crippen LogP contribution >= 0.6 is 0 Å². The third kappa shape index (κ3) is 4.85. The van der Waals surface area contributed by atoms with Crippen molar-refractivity contribution >= 4 is 5.84 Å². The topological polar surface area (TPSA) is 56.4 Å². The number of nitrogens with zero attached hydrogens (tertiary/aromatic N) is 2. The third-order valence-electron chi connectivity index (χ3n) is 2.89. The standard InChI is InChI=1S/C14H24N4/c1-17(2)9-6-10-18(3)11-12-7-4-5-8-13(12)14(15)16/h4-5,7-8H,6,9-11H2,1-3H3,(H3,15,16). The van der Waals surface area contributed by atoms with E-state index in [1.165, 1.54) is 0 Å². The summed E-state index contributed by atoms with van der Waals surface area (Å²) in [6.07, 6.45) is 1.14. The second-order valence-electron chi connectivity index (χ2n) is 4.97. The Morgan fingerprint density at radius 2 is 1.83 bits per heavy atom. The average Bonchev–Trinajstić information content (AvgIpc) is 2.28. The number of nitrogens with one attached hydrogen (secondary N) is 1. The van der Waals surface area contributed by atoms with Gasteiger partial charge in [-0.05, 0) is 46.2 Å². The Kier molecular flexibility index (Phi) is 5.82. The highest BCUT2D eigenvalue weighted by Gasteiger charge is 2.07. The second-order valence-corrected chi connectivity index (χ2v) is 4.97. The molecule has 0 atom stereocenters. The van der Waals surface area contributed by atoms with E-state index in [4.69, 9.17) is 11.1 Å². The van der Waals surface area contributed by atoms with E-state index in [9.17, 15) is 0 Å². The molecule has 0 saturated heterocycles. The Hall–Kier alpha value is -1.39. The molecular formula is C14H24N4. The van der Waals surface area contributed by atoms with E-state index >= 15 is 0 Å². The summed E-state index contributed by atoms with van der Waals surface area (Å²) in [5, 5.41) is 7.57. The molecule has 0 aliphatic rings. The number of hydrogen-bond donors (Lipinski definition) is 2. The Labute approximate surface area is 110 Å². The van der Waals surface area contributed by atoms with Crippen LogP contribution in [0.1, 0.15) is 17.5 Å². The molecule has 18 heavy (non-hydrogen) atoms. The van der Waals surface area contributed by atoms with Crippen molar-refractivity contribution in [3.63, 3.8) is 0 Å². The first-order chi connectivity index (χ1) is 8.50. The fourth-order valence-corrected chi connectivity index (χ4v) is 1.95. The Morgan fingerprint density at radius 3 is 2.44 bits per heavy atom. The van der Waals surface area contributed by atoms with E-state index in [1.54, 1.807) is 0 Å². The van der Waals surface area contributed by atoms with Crippen LogP contribution in [0.2, 0.25) is 0 Å². The monoisotopic (exact) mass is 248 g/mol. The molecule has 1 rings (SSSR count). The molecule has 0 fully saturated rings. The number of hydrogen-bond acceptors (Lipinski definition) is 3. The predicted octanol–water partition coefficient (Wildman–Crippen LogP) is 1.35. The molecule has 0 saturated carbocycles. The number of amidine groups is 1. The van der Waals surface area contributed by atoms with Gasteiger partial charge >= 0.3 is 0 Å². The van der Waals surface area contributed by atoms with Crippen molar-refractivity contribution < 1.29 is 0 Å². The van der Waals surface area contributed by atoms with E-state index in [-0.39, 0.29) is 5.84 Å². The lowest BCUT2D eigenvalue weighted by Crippen LogP contribution is -2.25. The minimum Gasteiger partial charge on any atom is -0.384 e. The van der Waals surface area contributed by atoms with Crippen LogP contribution in [0.3, 0.4) is 0 Å². The fraction of sp³-hybridized carbons (Fsp3) is 0.500. The first-order valence-corrected chi connectivity index (χ1v) is 6.26. The van der Waals surface area contributed by atoms with E-state index in [0.717, 1.165) is 37.2 Å². The number of nitrogens with two attached hydrogens (primary N) is 1. The summed E-state index contributed by atoms with van der Waals surface area (Å²) in [6.45, 7) is 2.98. The number of rotatable bonds is 7. The van der Waals surface area contributed by atoms with Crippen LogP contribution in [0.25, 0.3) is 0 Å².